The Morgan fingerprint density at radius 1 is 1.00 bits per heavy atom. The average Bonchev–Trinajstić information content (AvgIpc) is 3.24. The van der Waals surface area contributed by atoms with E-state index in [1.165, 1.54) is 0 Å². The number of aryl methyl sites for hydroxylation is 1. The number of nitrogens with one attached hydrogen (secondary N) is 1. The number of pyridine rings is 3. The summed E-state index contributed by atoms with van der Waals surface area (Å²) in [5.74, 6) is 0.881. The fraction of sp³-hybridized carbons (Fsp3) is 0.0526. The Balaban J connectivity index is 1.75. The molecule has 5 heterocycles. The number of aromatic nitrogens is 6. The van der Waals surface area contributed by atoms with Gasteiger partial charge in [0.2, 0.25) is 0 Å². The number of aromatic amines is 1. The van der Waals surface area contributed by atoms with E-state index in [0.717, 1.165) is 45.0 Å². The first-order valence-electron chi connectivity index (χ1n) is 7.99. The Bertz CT molecular complexity index is 1200. The molecular weight excluding hydrogens is 312 g/mol. The molecule has 0 radical (unpaired) electrons. The van der Waals surface area contributed by atoms with E-state index in [2.05, 4.69) is 26.0 Å². The van der Waals surface area contributed by atoms with Crippen molar-refractivity contribution in [1.82, 2.24) is 29.5 Å². The van der Waals surface area contributed by atoms with Gasteiger partial charge in [0.25, 0.3) is 0 Å². The number of H-pyrrole nitrogens is 1. The van der Waals surface area contributed by atoms with Crippen molar-refractivity contribution in [3.63, 3.8) is 0 Å². The molecule has 0 aromatic carbocycles. The van der Waals surface area contributed by atoms with Crippen molar-refractivity contribution in [2.45, 2.75) is 6.92 Å². The van der Waals surface area contributed by atoms with Crippen molar-refractivity contribution < 1.29 is 0 Å². The lowest BCUT2D eigenvalue weighted by molar-refractivity contribution is 0.982. The van der Waals surface area contributed by atoms with Gasteiger partial charge in [-0.15, -0.1) is 0 Å². The Labute approximate surface area is 143 Å². The van der Waals surface area contributed by atoms with Gasteiger partial charge in [-0.1, -0.05) is 0 Å². The van der Waals surface area contributed by atoms with Gasteiger partial charge in [0.05, 0.1) is 17.6 Å². The largest absolute Gasteiger partial charge is 0.346 e. The summed E-state index contributed by atoms with van der Waals surface area (Å²) in [6, 6.07) is 12.0. The molecule has 1 N–H and O–H groups in total. The zero-order valence-corrected chi connectivity index (χ0v) is 13.5. The smallest absolute Gasteiger partial charge is 0.165 e. The third-order valence-electron chi connectivity index (χ3n) is 4.29. The van der Waals surface area contributed by atoms with Crippen molar-refractivity contribution in [2.24, 2.45) is 0 Å². The van der Waals surface area contributed by atoms with Crippen LogP contribution in [0.1, 0.15) is 5.82 Å². The summed E-state index contributed by atoms with van der Waals surface area (Å²) < 4.78 is 2.04. The molecule has 6 nitrogen and oxygen atoms in total. The van der Waals surface area contributed by atoms with Crippen LogP contribution in [0.4, 0.5) is 0 Å². The molecule has 0 aliphatic rings. The molecule has 120 valence electrons. The third-order valence-corrected chi connectivity index (χ3v) is 4.29. The molecule has 0 saturated carbocycles. The van der Waals surface area contributed by atoms with E-state index in [-0.39, 0.29) is 0 Å². The minimum absolute atomic E-state index is 0.823. The maximum absolute atomic E-state index is 4.85. The van der Waals surface area contributed by atoms with Crippen LogP contribution < -0.4 is 0 Å². The molecule has 0 atom stereocenters. The number of hydrogen-bond donors (Lipinski definition) is 1. The lowest BCUT2D eigenvalue weighted by Gasteiger charge is -2.07. The third kappa shape index (κ3) is 2.19. The van der Waals surface area contributed by atoms with Crippen molar-refractivity contribution in [2.75, 3.05) is 0 Å². The number of nitrogens with zero attached hydrogens (tertiary/aromatic N) is 5. The Morgan fingerprint density at radius 2 is 1.88 bits per heavy atom. The van der Waals surface area contributed by atoms with Gasteiger partial charge >= 0.3 is 0 Å². The zero-order chi connectivity index (χ0) is 16.8. The number of fused-ring (bicyclic) bond motifs is 2. The van der Waals surface area contributed by atoms with E-state index in [9.17, 15) is 0 Å². The van der Waals surface area contributed by atoms with E-state index >= 15 is 0 Å². The fourth-order valence-corrected chi connectivity index (χ4v) is 3.11. The van der Waals surface area contributed by atoms with Gasteiger partial charge < -0.3 is 4.98 Å². The summed E-state index contributed by atoms with van der Waals surface area (Å²) >= 11 is 0. The highest BCUT2D eigenvalue weighted by Crippen LogP contribution is 2.25. The fourth-order valence-electron chi connectivity index (χ4n) is 3.11. The summed E-state index contributed by atoms with van der Waals surface area (Å²) in [6.45, 7) is 1.98. The van der Waals surface area contributed by atoms with Gasteiger partial charge in [0.15, 0.2) is 5.65 Å². The van der Waals surface area contributed by atoms with E-state index < -0.39 is 0 Å². The Hall–Kier alpha value is -3.54. The number of imidazole rings is 1. The van der Waals surface area contributed by atoms with Gasteiger partial charge in [-0.25, -0.2) is 15.0 Å². The normalized spacial score (nSPS) is 11.4. The van der Waals surface area contributed by atoms with Crippen LogP contribution in [0.25, 0.3) is 39.1 Å². The van der Waals surface area contributed by atoms with Crippen molar-refractivity contribution in [3.05, 3.63) is 67.0 Å². The predicted molar refractivity (Wildman–Crippen MR) is 96.5 cm³/mol. The molecular formula is C19H14N6. The van der Waals surface area contributed by atoms with Crippen LogP contribution in [-0.2, 0) is 0 Å². The Kier molecular flexibility index (Phi) is 2.90. The first-order chi connectivity index (χ1) is 12.3. The van der Waals surface area contributed by atoms with Crippen LogP contribution in [0.5, 0.6) is 0 Å². The first kappa shape index (κ1) is 13.9. The zero-order valence-electron chi connectivity index (χ0n) is 13.5. The maximum Gasteiger partial charge on any atom is 0.165 e. The molecule has 0 aliphatic carbocycles. The van der Waals surface area contributed by atoms with Gasteiger partial charge in [0, 0.05) is 29.5 Å². The second-order valence-corrected chi connectivity index (χ2v) is 5.88. The van der Waals surface area contributed by atoms with Crippen LogP contribution in [0, 0.1) is 6.92 Å². The van der Waals surface area contributed by atoms with Crippen LogP contribution in [0.3, 0.4) is 0 Å². The molecule has 0 bridgehead atoms. The predicted octanol–water partition coefficient (Wildman–Crippen LogP) is 3.67. The van der Waals surface area contributed by atoms with Gasteiger partial charge in [-0.2, -0.15) is 0 Å². The number of hydrogen-bond acceptors (Lipinski definition) is 4. The molecule has 0 saturated heterocycles. The monoisotopic (exact) mass is 326 g/mol. The second kappa shape index (κ2) is 5.24. The van der Waals surface area contributed by atoms with E-state index in [1.54, 1.807) is 12.4 Å². The highest BCUT2D eigenvalue weighted by atomic mass is 15.1. The molecule has 0 fully saturated rings. The highest BCUT2D eigenvalue weighted by Gasteiger charge is 2.13. The van der Waals surface area contributed by atoms with Gasteiger partial charge in [-0.3, -0.25) is 9.55 Å². The van der Waals surface area contributed by atoms with Crippen LogP contribution in [0.15, 0.2) is 61.2 Å². The SMILES string of the molecule is Cc1nc2ccc(-c3ccncc3)nc2n1-c1cnc2[nH]ccc2c1. The van der Waals surface area contributed by atoms with E-state index in [1.807, 2.05) is 54.2 Å². The molecule has 0 amide bonds. The molecule has 5 aromatic heterocycles. The van der Waals surface area contributed by atoms with Crippen LogP contribution in [-0.4, -0.2) is 29.5 Å². The minimum atomic E-state index is 0.823. The molecule has 5 rings (SSSR count). The minimum Gasteiger partial charge on any atom is -0.346 e. The molecule has 0 unspecified atom stereocenters. The summed E-state index contributed by atoms with van der Waals surface area (Å²) in [6.07, 6.45) is 7.27. The van der Waals surface area contributed by atoms with E-state index in [0.29, 0.717) is 0 Å². The van der Waals surface area contributed by atoms with Gasteiger partial charge in [0.1, 0.15) is 17.0 Å². The molecule has 0 spiro atoms. The Morgan fingerprint density at radius 3 is 2.76 bits per heavy atom. The van der Waals surface area contributed by atoms with Crippen molar-refractivity contribution in [3.8, 4) is 16.9 Å². The summed E-state index contributed by atoms with van der Waals surface area (Å²) in [5, 5.41) is 1.06. The summed E-state index contributed by atoms with van der Waals surface area (Å²) in [5.41, 5.74) is 5.43. The standard InChI is InChI=1S/C19H14N6/c1-12-23-17-3-2-16(13-4-7-20-8-5-13)24-19(17)25(12)15-10-14-6-9-21-18(14)22-11-15/h2-11H,1H3,(H,21,22). The molecule has 25 heavy (non-hydrogen) atoms. The quantitative estimate of drug-likeness (QED) is 0.537. The maximum atomic E-state index is 4.85. The van der Waals surface area contributed by atoms with Crippen molar-refractivity contribution >= 4 is 22.2 Å². The van der Waals surface area contributed by atoms with E-state index in [4.69, 9.17) is 4.98 Å². The summed E-state index contributed by atoms with van der Waals surface area (Å²) in [4.78, 5) is 21.2. The average molecular weight is 326 g/mol. The van der Waals surface area contributed by atoms with Crippen LogP contribution >= 0.6 is 0 Å². The topological polar surface area (TPSA) is 72.3 Å². The van der Waals surface area contributed by atoms with Gasteiger partial charge in [-0.05, 0) is 43.3 Å². The lowest BCUT2D eigenvalue weighted by Crippen LogP contribution is -1.99. The van der Waals surface area contributed by atoms with Crippen molar-refractivity contribution in [1.29, 1.82) is 0 Å². The molecule has 6 heteroatoms. The molecule has 5 aromatic rings. The first-order valence-corrected chi connectivity index (χ1v) is 7.99. The number of rotatable bonds is 2. The lowest BCUT2D eigenvalue weighted by atomic mass is 10.2. The van der Waals surface area contributed by atoms with Crippen LogP contribution in [0.2, 0.25) is 0 Å². The highest BCUT2D eigenvalue weighted by molar-refractivity contribution is 5.81. The molecule has 0 aliphatic heterocycles. The second-order valence-electron chi connectivity index (χ2n) is 5.88. The summed E-state index contributed by atoms with van der Waals surface area (Å²) in [7, 11) is 0.